The van der Waals surface area contributed by atoms with Gasteiger partial charge in [0.25, 0.3) is 5.91 Å². The van der Waals surface area contributed by atoms with E-state index >= 15 is 0 Å². The van der Waals surface area contributed by atoms with E-state index in [0.29, 0.717) is 18.3 Å². The van der Waals surface area contributed by atoms with Gasteiger partial charge >= 0.3 is 0 Å². The van der Waals surface area contributed by atoms with Crippen LogP contribution in [0.15, 0.2) is 12.1 Å². The van der Waals surface area contributed by atoms with Gasteiger partial charge in [0.1, 0.15) is 5.82 Å². The van der Waals surface area contributed by atoms with E-state index in [0.717, 1.165) is 13.0 Å². The van der Waals surface area contributed by atoms with Crippen molar-refractivity contribution in [1.29, 1.82) is 0 Å². The lowest BCUT2D eigenvalue weighted by Gasteiger charge is -2.18. The molecule has 1 aromatic heterocycles. The number of nitrogens with two attached hydrogens (primary N) is 1. The van der Waals surface area contributed by atoms with Gasteiger partial charge in [0.05, 0.1) is 6.61 Å². The largest absolute Gasteiger partial charge is 0.382 e. The fourth-order valence-corrected chi connectivity index (χ4v) is 1.81. The van der Waals surface area contributed by atoms with Crippen LogP contribution in [0.3, 0.4) is 0 Å². The number of anilines is 1. The Kier molecular flexibility index (Phi) is 3.53. The summed E-state index contributed by atoms with van der Waals surface area (Å²) in [6, 6.07) is 3.20. The molecule has 1 amide bonds. The van der Waals surface area contributed by atoms with Crippen molar-refractivity contribution in [3.63, 3.8) is 0 Å². The van der Waals surface area contributed by atoms with Gasteiger partial charge in [-0.3, -0.25) is 4.79 Å². The summed E-state index contributed by atoms with van der Waals surface area (Å²) in [6.07, 6.45) is 0.981. The molecule has 0 aromatic carbocycles. The summed E-state index contributed by atoms with van der Waals surface area (Å²) >= 11 is 0. The maximum atomic E-state index is 11.8. The summed E-state index contributed by atoms with van der Waals surface area (Å²) in [5.74, 6) is 0.455. The standard InChI is InChI=1S/C11H16N4O2/c1-7(8-4-5-17-6-8)13-11(16)9-2-3-10(12)15-14-9/h2-3,7-8H,4-6H2,1H3,(H2,12,15)(H,13,16). The molecule has 0 bridgehead atoms. The average Bonchev–Trinajstić information content (AvgIpc) is 2.83. The fourth-order valence-electron chi connectivity index (χ4n) is 1.81. The predicted molar refractivity (Wildman–Crippen MR) is 62.3 cm³/mol. The van der Waals surface area contributed by atoms with E-state index in [4.69, 9.17) is 10.5 Å². The molecule has 6 nitrogen and oxygen atoms in total. The van der Waals surface area contributed by atoms with Crippen molar-refractivity contribution in [2.45, 2.75) is 19.4 Å². The lowest BCUT2D eigenvalue weighted by atomic mass is 10.0. The van der Waals surface area contributed by atoms with E-state index < -0.39 is 0 Å². The van der Waals surface area contributed by atoms with Gasteiger partial charge in [0.2, 0.25) is 0 Å². The van der Waals surface area contributed by atoms with Crippen LogP contribution in [0.2, 0.25) is 0 Å². The SMILES string of the molecule is CC(NC(=O)c1ccc(N)nn1)C1CCOC1. The van der Waals surface area contributed by atoms with Crippen LogP contribution in [-0.4, -0.2) is 35.4 Å². The van der Waals surface area contributed by atoms with Crippen molar-refractivity contribution in [2.24, 2.45) is 5.92 Å². The number of aromatic nitrogens is 2. The predicted octanol–water partition coefficient (Wildman–Crippen LogP) is 0.214. The smallest absolute Gasteiger partial charge is 0.272 e. The zero-order valence-corrected chi connectivity index (χ0v) is 9.72. The Morgan fingerprint density at radius 3 is 3.00 bits per heavy atom. The second-order valence-electron chi connectivity index (χ2n) is 4.23. The Balaban J connectivity index is 1.94. The van der Waals surface area contributed by atoms with Crippen molar-refractivity contribution in [3.05, 3.63) is 17.8 Å². The lowest BCUT2D eigenvalue weighted by Crippen LogP contribution is -2.38. The molecule has 92 valence electrons. The number of nitrogens with zero attached hydrogens (tertiary/aromatic N) is 2. The molecular formula is C11H16N4O2. The first-order valence-corrected chi connectivity index (χ1v) is 5.64. The molecule has 1 fully saturated rings. The van der Waals surface area contributed by atoms with Gasteiger partial charge in [0, 0.05) is 18.6 Å². The number of ether oxygens (including phenoxy) is 1. The Morgan fingerprint density at radius 2 is 2.41 bits per heavy atom. The number of carbonyl (C=O) groups is 1. The third-order valence-corrected chi connectivity index (χ3v) is 2.95. The van der Waals surface area contributed by atoms with E-state index in [1.54, 1.807) is 12.1 Å². The Morgan fingerprint density at radius 1 is 1.59 bits per heavy atom. The highest BCUT2D eigenvalue weighted by Gasteiger charge is 2.24. The quantitative estimate of drug-likeness (QED) is 0.783. The molecule has 0 saturated carbocycles. The average molecular weight is 236 g/mol. The molecule has 1 aromatic rings. The number of rotatable bonds is 3. The van der Waals surface area contributed by atoms with Gasteiger partial charge in [-0.05, 0) is 25.5 Å². The van der Waals surface area contributed by atoms with Crippen LogP contribution < -0.4 is 11.1 Å². The Hall–Kier alpha value is -1.69. The summed E-state index contributed by atoms with van der Waals surface area (Å²) in [5, 5.41) is 10.3. The number of nitrogen functional groups attached to an aromatic ring is 1. The van der Waals surface area contributed by atoms with E-state index in [1.165, 1.54) is 0 Å². The Bertz CT molecular complexity index is 387. The number of carbonyl (C=O) groups excluding carboxylic acids is 1. The molecule has 17 heavy (non-hydrogen) atoms. The van der Waals surface area contributed by atoms with Crippen LogP contribution in [-0.2, 0) is 4.74 Å². The van der Waals surface area contributed by atoms with Crippen molar-refractivity contribution in [2.75, 3.05) is 18.9 Å². The van der Waals surface area contributed by atoms with E-state index in [2.05, 4.69) is 15.5 Å². The molecule has 1 aliphatic heterocycles. The van der Waals surface area contributed by atoms with Gasteiger partial charge in [-0.1, -0.05) is 0 Å². The first-order valence-electron chi connectivity index (χ1n) is 5.64. The lowest BCUT2D eigenvalue weighted by molar-refractivity contribution is 0.0916. The van der Waals surface area contributed by atoms with Gasteiger partial charge in [0.15, 0.2) is 5.69 Å². The maximum Gasteiger partial charge on any atom is 0.272 e. The molecule has 2 rings (SSSR count). The summed E-state index contributed by atoms with van der Waals surface area (Å²) < 4.78 is 5.29. The number of amides is 1. The van der Waals surface area contributed by atoms with Crippen molar-refractivity contribution in [3.8, 4) is 0 Å². The van der Waals surface area contributed by atoms with Crippen molar-refractivity contribution < 1.29 is 9.53 Å². The van der Waals surface area contributed by atoms with Gasteiger partial charge in [-0.2, -0.15) is 0 Å². The van der Waals surface area contributed by atoms with Crippen LogP contribution in [0.5, 0.6) is 0 Å². The first kappa shape index (κ1) is 11.8. The molecule has 2 heterocycles. The van der Waals surface area contributed by atoms with Crippen LogP contribution in [0.25, 0.3) is 0 Å². The normalized spacial score (nSPS) is 21.1. The highest BCUT2D eigenvalue weighted by molar-refractivity contribution is 5.92. The van der Waals surface area contributed by atoms with Crippen molar-refractivity contribution >= 4 is 11.7 Å². The topological polar surface area (TPSA) is 90.1 Å². The van der Waals surface area contributed by atoms with Crippen molar-refractivity contribution in [1.82, 2.24) is 15.5 Å². The second-order valence-corrected chi connectivity index (χ2v) is 4.23. The summed E-state index contributed by atoms with van der Waals surface area (Å²) in [4.78, 5) is 11.8. The molecule has 0 aliphatic carbocycles. The molecule has 1 saturated heterocycles. The van der Waals surface area contributed by atoms with Crippen LogP contribution in [0.4, 0.5) is 5.82 Å². The minimum Gasteiger partial charge on any atom is -0.382 e. The fraction of sp³-hybridized carbons (Fsp3) is 0.545. The van der Waals surface area contributed by atoms with Crippen LogP contribution >= 0.6 is 0 Å². The molecule has 2 unspecified atom stereocenters. The van der Waals surface area contributed by atoms with Gasteiger partial charge in [-0.15, -0.1) is 10.2 Å². The summed E-state index contributed by atoms with van der Waals surface area (Å²) in [7, 11) is 0. The monoisotopic (exact) mass is 236 g/mol. The Labute approximate surface area is 99.6 Å². The van der Waals surface area contributed by atoms with Crippen LogP contribution in [0.1, 0.15) is 23.8 Å². The molecule has 6 heteroatoms. The third kappa shape index (κ3) is 2.91. The van der Waals surface area contributed by atoms with Crippen LogP contribution in [0, 0.1) is 5.92 Å². The minimum absolute atomic E-state index is 0.0735. The van der Waals surface area contributed by atoms with E-state index in [1.807, 2.05) is 6.92 Å². The molecular weight excluding hydrogens is 220 g/mol. The minimum atomic E-state index is -0.225. The molecule has 3 N–H and O–H groups in total. The van der Waals surface area contributed by atoms with E-state index in [-0.39, 0.29) is 17.6 Å². The first-order chi connectivity index (χ1) is 8.16. The molecule has 0 radical (unpaired) electrons. The summed E-state index contributed by atoms with van der Waals surface area (Å²) in [5.41, 5.74) is 5.69. The van der Waals surface area contributed by atoms with E-state index in [9.17, 15) is 4.79 Å². The highest BCUT2D eigenvalue weighted by Crippen LogP contribution is 2.16. The van der Waals surface area contributed by atoms with Gasteiger partial charge in [-0.25, -0.2) is 0 Å². The maximum absolute atomic E-state index is 11.8. The highest BCUT2D eigenvalue weighted by atomic mass is 16.5. The molecule has 1 aliphatic rings. The van der Waals surface area contributed by atoms with Gasteiger partial charge < -0.3 is 15.8 Å². The number of hydrogen-bond acceptors (Lipinski definition) is 5. The molecule has 2 atom stereocenters. The number of hydrogen-bond donors (Lipinski definition) is 2. The summed E-state index contributed by atoms with van der Waals surface area (Å²) in [6.45, 7) is 3.45. The third-order valence-electron chi connectivity index (χ3n) is 2.95. The number of nitrogens with one attached hydrogen (secondary N) is 1. The molecule has 0 spiro atoms. The second kappa shape index (κ2) is 5.09. The zero-order chi connectivity index (χ0) is 12.3. The zero-order valence-electron chi connectivity index (χ0n) is 9.72.